The average Bonchev–Trinajstić information content (AvgIpc) is 3.11. The van der Waals surface area contributed by atoms with Gasteiger partial charge in [0.25, 0.3) is 0 Å². The number of nitrogens with two attached hydrogens (primary N) is 1. The maximum absolute atomic E-state index is 14.0. The highest BCUT2D eigenvalue weighted by atomic mass is 19.1. The molecule has 8 nitrogen and oxygen atoms in total. The minimum Gasteiger partial charge on any atom is -0.481 e. The predicted molar refractivity (Wildman–Crippen MR) is 106 cm³/mol. The minimum atomic E-state index is -0.496. The van der Waals surface area contributed by atoms with E-state index in [4.69, 9.17) is 10.5 Å². The van der Waals surface area contributed by atoms with Crippen molar-refractivity contribution in [2.24, 2.45) is 0 Å². The number of nitrogen functional groups attached to an aromatic ring is 1. The van der Waals surface area contributed by atoms with Crippen LogP contribution >= 0.6 is 0 Å². The van der Waals surface area contributed by atoms with Gasteiger partial charge in [-0.1, -0.05) is 19.9 Å². The van der Waals surface area contributed by atoms with Crippen molar-refractivity contribution in [1.82, 2.24) is 24.6 Å². The van der Waals surface area contributed by atoms with Gasteiger partial charge < -0.3 is 15.8 Å². The number of rotatable bonds is 4. The van der Waals surface area contributed by atoms with E-state index in [0.29, 0.717) is 34.4 Å². The molecule has 4 aromatic rings. The van der Waals surface area contributed by atoms with Gasteiger partial charge in [-0.2, -0.15) is 0 Å². The smallest absolute Gasteiger partial charge is 0.213 e. The van der Waals surface area contributed by atoms with Crippen LogP contribution in [0.15, 0.2) is 48.9 Å². The maximum atomic E-state index is 14.0. The summed E-state index contributed by atoms with van der Waals surface area (Å²) in [5.41, 5.74) is 7.74. The Morgan fingerprint density at radius 1 is 1.18 bits per heavy atom. The SMILES string of the molecule is CC.COc1cccc(-c2nc(Nc3ccncc3F)c3cc(N)cn3n2)n1. The molecule has 28 heavy (non-hydrogen) atoms. The summed E-state index contributed by atoms with van der Waals surface area (Å²) >= 11 is 0. The van der Waals surface area contributed by atoms with Crippen molar-refractivity contribution in [3.05, 3.63) is 54.7 Å². The molecule has 0 aliphatic rings. The normalized spacial score (nSPS) is 10.3. The monoisotopic (exact) mass is 381 g/mol. The summed E-state index contributed by atoms with van der Waals surface area (Å²) < 4.78 is 20.7. The van der Waals surface area contributed by atoms with E-state index in [9.17, 15) is 4.39 Å². The summed E-state index contributed by atoms with van der Waals surface area (Å²) in [6, 6.07) is 8.48. The highest BCUT2D eigenvalue weighted by Gasteiger charge is 2.14. The number of hydrogen-bond donors (Lipinski definition) is 2. The molecular weight excluding hydrogens is 361 g/mol. The summed E-state index contributed by atoms with van der Waals surface area (Å²) in [5.74, 6) is 0.670. The third-order valence-corrected chi connectivity index (χ3v) is 3.67. The molecule has 4 aromatic heterocycles. The third-order valence-electron chi connectivity index (χ3n) is 3.67. The van der Waals surface area contributed by atoms with Crippen LogP contribution < -0.4 is 15.8 Å². The van der Waals surface area contributed by atoms with Gasteiger partial charge >= 0.3 is 0 Å². The molecule has 4 rings (SSSR count). The van der Waals surface area contributed by atoms with Crippen LogP contribution in [-0.4, -0.2) is 31.7 Å². The first-order valence-corrected chi connectivity index (χ1v) is 8.68. The number of ether oxygens (including phenoxy) is 1. The fourth-order valence-corrected chi connectivity index (χ4v) is 2.48. The van der Waals surface area contributed by atoms with E-state index in [1.54, 1.807) is 35.0 Å². The number of hydrogen-bond acceptors (Lipinski definition) is 7. The molecular formula is C19H20FN7O. The lowest BCUT2D eigenvalue weighted by molar-refractivity contribution is 0.398. The molecule has 9 heteroatoms. The Labute approximate surface area is 161 Å². The molecule has 0 spiro atoms. The number of fused-ring (bicyclic) bond motifs is 1. The summed E-state index contributed by atoms with van der Waals surface area (Å²) in [5, 5.41) is 7.39. The number of methoxy groups -OCH3 is 1. The van der Waals surface area contributed by atoms with Gasteiger partial charge in [0, 0.05) is 12.3 Å². The fourth-order valence-electron chi connectivity index (χ4n) is 2.48. The third kappa shape index (κ3) is 3.83. The highest BCUT2D eigenvalue weighted by molar-refractivity contribution is 5.77. The molecule has 144 valence electrons. The second kappa shape index (κ2) is 8.30. The Morgan fingerprint density at radius 2 is 2.00 bits per heavy atom. The second-order valence-electron chi connectivity index (χ2n) is 5.43. The average molecular weight is 381 g/mol. The van der Waals surface area contributed by atoms with Crippen molar-refractivity contribution in [2.45, 2.75) is 13.8 Å². The first-order chi connectivity index (χ1) is 13.6. The Morgan fingerprint density at radius 3 is 2.75 bits per heavy atom. The Balaban J connectivity index is 0.00000109. The van der Waals surface area contributed by atoms with E-state index < -0.39 is 5.82 Å². The molecule has 0 aromatic carbocycles. The van der Waals surface area contributed by atoms with E-state index in [0.717, 1.165) is 6.20 Å². The van der Waals surface area contributed by atoms with Gasteiger partial charge in [0.15, 0.2) is 11.6 Å². The van der Waals surface area contributed by atoms with Crippen molar-refractivity contribution < 1.29 is 9.13 Å². The van der Waals surface area contributed by atoms with Gasteiger partial charge in [-0.15, -0.1) is 5.10 Å². The van der Waals surface area contributed by atoms with Gasteiger partial charge in [-0.3, -0.25) is 4.98 Å². The molecule has 0 saturated heterocycles. The van der Waals surface area contributed by atoms with Gasteiger partial charge in [0.2, 0.25) is 11.7 Å². The number of aromatic nitrogens is 5. The molecule has 0 atom stereocenters. The number of anilines is 3. The molecule has 0 amide bonds. The van der Waals surface area contributed by atoms with Crippen LogP contribution in [0.5, 0.6) is 5.88 Å². The Bertz CT molecular complexity index is 1100. The lowest BCUT2D eigenvalue weighted by Gasteiger charge is -2.10. The first-order valence-electron chi connectivity index (χ1n) is 8.68. The lowest BCUT2D eigenvalue weighted by atomic mass is 10.3. The van der Waals surface area contributed by atoms with Crippen molar-refractivity contribution in [3.63, 3.8) is 0 Å². The minimum absolute atomic E-state index is 0.241. The Hall–Kier alpha value is -3.75. The van der Waals surface area contributed by atoms with E-state index in [1.165, 1.54) is 19.4 Å². The molecule has 3 N–H and O–H groups in total. The molecule has 0 unspecified atom stereocenters. The van der Waals surface area contributed by atoms with E-state index in [-0.39, 0.29) is 5.69 Å². The largest absolute Gasteiger partial charge is 0.481 e. The second-order valence-corrected chi connectivity index (χ2v) is 5.43. The number of halogens is 1. The lowest BCUT2D eigenvalue weighted by Crippen LogP contribution is -2.05. The molecule has 0 aliphatic heterocycles. The maximum Gasteiger partial charge on any atom is 0.213 e. The van der Waals surface area contributed by atoms with Gasteiger partial charge in [0.05, 0.1) is 30.9 Å². The van der Waals surface area contributed by atoms with Gasteiger partial charge in [-0.25, -0.2) is 18.9 Å². The predicted octanol–water partition coefficient (Wildman–Crippen LogP) is 3.69. The first kappa shape index (κ1) is 19.0. The van der Waals surface area contributed by atoms with Crippen LogP contribution in [0.4, 0.5) is 21.6 Å². The van der Waals surface area contributed by atoms with Crippen molar-refractivity contribution >= 4 is 22.7 Å². The summed E-state index contributed by atoms with van der Waals surface area (Å²) in [4.78, 5) is 12.6. The zero-order valence-electron chi connectivity index (χ0n) is 15.7. The van der Waals surface area contributed by atoms with Crippen LogP contribution in [0.1, 0.15) is 13.8 Å². The van der Waals surface area contributed by atoms with Crippen LogP contribution in [0.3, 0.4) is 0 Å². The summed E-state index contributed by atoms with van der Waals surface area (Å²) in [7, 11) is 1.53. The van der Waals surface area contributed by atoms with E-state index in [2.05, 4.69) is 25.4 Å². The van der Waals surface area contributed by atoms with E-state index in [1.807, 2.05) is 13.8 Å². The van der Waals surface area contributed by atoms with Crippen LogP contribution in [0, 0.1) is 5.82 Å². The van der Waals surface area contributed by atoms with Crippen LogP contribution in [0.25, 0.3) is 17.0 Å². The summed E-state index contributed by atoms with van der Waals surface area (Å²) in [6.07, 6.45) is 4.26. The zero-order valence-corrected chi connectivity index (χ0v) is 15.7. The quantitative estimate of drug-likeness (QED) is 0.556. The summed E-state index contributed by atoms with van der Waals surface area (Å²) in [6.45, 7) is 4.00. The van der Waals surface area contributed by atoms with Crippen LogP contribution in [0.2, 0.25) is 0 Å². The van der Waals surface area contributed by atoms with Crippen molar-refractivity contribution in [1.29, 1.82) is 0 Å². The van der Waals surface area contributed by atoms with Crippen molar-refractivity contribution in [2.75, 3.05) is 18.2 Å². The Kier molecular flexibility index (Phi) is 5.64. The molecule has 0 radical (unpaired) electrons. The number of nitrogens with zero attached hydrogens (tertiary/aromatic N) is 5. The molecule has 0 aliphatic carbocycles. The van der Waals surface area contributed by atoms with Gasteiger partial charge in [0.1, 0.15) is 11.2 Å². The molecule has 4 heterocycles. The number of nitrogens with one attached hydrogen (secondary N) is 1. The zero-order chi connectivity index (χ0) is 20.1. The molecule has 0 saturated carbocycles. The molecule has 0 bridgehead atoms. The number of pyridine rings is 2. The topological polar surface area (TPSA) is 103 Å². The fraction of sp³-hybridized carbons (Fsp3) is 0.158. The van der Waals surface area contributed by atoms with E-state index >= 15 is 0 Å². The highest BCUT2D eigenvalue weighted by Crippen LogP contribution is 2.26. The van der Waals surface area contributed by atoms with Gasteiger partial charge in [-0.05, 0) is 18.2 Å². The molecule has 0 fully saturated rings. The van der Waals surface area contributed by atoms with Crippen molar-refractivity contribution in [3.8, 4) is 17.4 Å². The van der Waals surface area contributed by atoms with Crippen LogP contribution in [-0.2, 0) is 0 Å². The standard InChI is InChI=1S/C17H14FN7O.C2H6/c1-26-15-4-2-3-13(21-15)16-23-17(14-7-10(19)9-25(14)24-16)22-12-5-6-20-8-11(12)18;1-2/h2-9H,19H2,1H3,(H,20,22,23,24);1-2H3.